The smallest absolute Gasteiger partial charge is 0.196 e. The third-order valence-electron chi connectivity index (χ3n) is 2.05. The Morgan fingerprint density at radius 1 is 1.31 bits per heavy atom. The maximum Gasteiger partial charge on any atom is 0.196 e. The van der Waals surface area contributed by atoms with Gasteiger partial charge in [0.2, 0.25) is 0 Å². The second-order valence-corrected chi connectivity index (χ2v) is 2.95. The first-order chi connectivity index (χ1) is 6.20. The molecule has 0 spiro atoms. The van der Waals surface area contributed by atoms with Crippen molar-refractivity contribution in [1.29, 1.82) is 0 Å². The average Bonchev–Trinajstić information content (AvgIpc) is 2.45. The molecular formula is C10H9NO2. The predicted molar refractivity (Wildman–Crippen MR) is 50.0 cm³/mol. The number of carbonyl (C=O) groups excluding carboxylic acids is 1. The average molecular weight is 175 g/mol. The fraction of sp³-hybridized carbons (Fsp3) is 0.100. The number of aromatic amines is 1. The first-order valence-electron chi connectivity index (χ1n) is 4.01. The molecule has 0 radical (unpaired) electrons. The summed E-state index contributed by atoms with van der Waals surface area (Å²) in [7, 11) is 0. The molecule has 0 aliphatic heterocycles. The molecule has 3 nitrogen and oxygen atoms in total. The van der Waals surface area contributed by atoms with Crippen molar-refractivity contribution in [2.45, 2.75) is 6.92 Å². The van der Waals surface area contributed by atoms with Gasteiger partial charge in [-0.3, -0.25) is 4.79 Å². The third kappa shape index (κ3) is 1.09. The Bertz CT molecular complexity index is 471. The molecule has 2 N–H and O–H groups in total. The van der Waals surface area contributed by atoms with E-state index >= 15 is 0 Å². The number of hydrogen-bond donors (Lipinski definition) is 2. The van der Waals surface area contributed by atoms with E-state index in [2.05, 4.69) is 4.98 Å². The van der Waals surface area contributed by atoms with Gasteiger partial charge in [-0.25, -0.2) is 0 Å². The van der Waals surface area contributed by atoms with Crippen LogP contribution in [0.15, 0.2) is 24.3 Å². The van der Waals surface area contributed by atoms with Crippen LogP contribution < -0.4 is 0 Å². The number of benzene rings is 1. The van der Waals surface area contributed by atoms with Gasteiger partial charge in [0.05, 0.1) is 5.69 Å². The number of ketones is 1. The van der Waals surface area contributed by atoms with Crippen LogP contribution in [0, 0.1) is 0 Å². The summed E-state index contributed by atoms with van der Waals surface area (Å²) in [5, 5.41) is 10.9. The van der Waals surface area contributed by atoms with E-state index in [-0.39, 0.29) is 11.7 Å². The second kappa shape index (κ2) is 2.62. The van der Waals surface area contributed by atoms with E-state index in [4.69, 9.17) is 0 Å². The summed E-state index contributed by atoms with van der Waals surface area (Å²) >= 11 is 0. The van der Waals surface area contributed by atoms with Gasteiger partial charge in [0.25, 0.3) is 0 Å². The van der Waals surface area contributed by atoms with Crippen LogP contribution in [0.4, 0.5) is 0 Å². The van der Waals surface area contributed by atoms with E-state index in [9.17, 15) is 9.90 Å². The van der Waals surface area contributed by atoms with Crippen molar-refractivity contribution in [2.75, 3.05) is 0 Å². The van der Waals surface area contributed by atoms with E-state index in [1.165, 1.54) is 6.92 Å². The van der Waals surface area contributed by atoms with Gasteiger partial charge in [-0.15, -0.1) is 0 Å². The summed E-state index contributed by atoms with van der Waals surface area (Å²) in [6, 6.07) is 7.23. The maximum atomic E-state index is 11.1. The Hall–Kier alpha value is -1.77. The molecule has 0 amide bonds. The van der Waals surface area contributed by atoms with Crippen molar-refractivity contribution >= 4 is 16.6 Å². The summed E-state index contributed by atoms with van der Waals surface area (Å²) in [6.45, 7) is 1.47. The standard InChI is InChI=1S/C10H9NO2/c1-6(12)9-7-4-2-3-5-8(7)10(13)11-9/h2-5,11,13H,1H3. The molecule has 0 saturated carbocycles. The van der Waals surface area contributed by atoms with Gasteiger partial charge in [-0.2, -0.15) is 0 Å². The Kier molecular flexibility index (Phi) is 1.59. The zero-order valence-electron chi connectivity index (χ0n) is 7.16. The van der Waals surface area contributed by atoms with Crippen molar-refractivity contribution in [1.82, 2.24) is 4.98 Å². The molecule has 1 aromatic heterocycles. The fourth-order valence-corrected chi connectivity index (χ4v) is 1.44. The molecule has 1 aromatic carbocycles. The topological polar surface area (TPSA) is 53.1 Å². The van der Waals surface area contributed by atoms with Crippen LogP contribution in [0.3, 0.4) is 0 Å². The van der Waals surface area contributed by atoms with Crippen molar-refractivity contribution in [3.8, 4) is 5.88 Å². The van der Waals surface area contributed by atoms with Crippen LogP contribution in [0.2, 0.25) is 0 Å². The maximum absolute atomic E-state index is 11.1. The number of carbonyl (C=O) groups is 1. The van der Waals surface area contributed by atoms with Gasteiger partial charge < -0.3 is 10.1 Å². The van der Waals surface area contributed by atoms with E-state index in [1.54, 1.807) is 6.07 Å². The normalized spacial score (nSPS) is 10.5. The molecule has 0 fully saturated rings. The lowest BCUT2D eigenvalue weighted by atomic mass is 10.1. The molecule has 0 unspecified atom stereocenters. The van der Waals surface area contributed by atoms with E-state index in [0.717, 1.165) is 5.39 Å². The van der Waals surface area contributed by atoms with Gasteiger partial charge in [-0.05, 0) is 6.07 Å². The van der Waals surface area contributed by atoms with Crippen molar-refractivity contribution < 1.29 is 9.90 Å². The largest absolute Gasteiger partial charge is 0.494 e. The Balaban J connectivity index is 2.85. The van der Waals surface area contributed by atoms with Crippen LogP contribution in [-0.2, 0) is 0 Å². The molecule has 66 valence electrons. The number of H-pyrrole nitrogens is 1. The lowest BCUT2D eigenvalue weighted by molar-refractivity contribution is 0.101. The molecule has 3 heteroatoms. The molecule has 0 atom stereocenters. The predicted octanol–water partition coefficient (Wildman–Crippen LogP) is 2.08. The number of fused-ring (bicyclic) bond motifs is 1. The highest BCUT2D eigenvalue weighted by molar-refractivity contribution is 6.07. The van der Waals surface area contributed by atoms with Crippen LogP contribution in [0.5, 0.6) is 5.88 Å². The van der Waals surface area contributed by atoms with E-state index < -0.39 is 0 Å². The molecule has 0 aliphatic carbocycles. The molecule has 2 rings (SSSR count). The first-order valence-corrected chi connectivity index (χ1v) is 4.01. The summed E-state index contributed by atoms with van der Waals surface area (Å²) < 4.78 is 0. The fourth-order valence-electron chi connectivity index (χ4n) is 1.44. The lowest BCUT2D eigenvalue weighted by Crippen LogP contribution is -1.91. The molecule has 1 heterocycles. The minimum atomic E-state index is -0.0727. The monoisotopic (exact) mass is 175 g/mol. The molecule has 0 bridgehead atoms. The SMILES string of the molecule is CC(=O)c1[nH]c(O)c2ccccc12. The van der Waals surface area contributed by atoms with Crippen molar-refractivity contribution in [3.63, 3.8) is 0 Å². The highest BCUT2D eigenvalue weighted by atomic mass is 16.3. The van der Waals surface area contributed by atoms with Crippen LogP contribution in [-0.4, -0.2) is 15.9 Å². The van der Waals surface area contributed by atoms with Crippen LogP contribution >= 0.6 is 0 Å². The first kappa shape index (κ1) is 7.86. The Morgan fingerprint density at radius 3 is 2.54 bits per heavy atom. The molecular weight excluding hydrogens is 166 g/mol. The number of aromatic hydroxyl groups is 1. The highest BCUT2D eigenvalue weighted by Crippen LogP contribution is 2.27. The zero-order chi connectivity index (χ0) is 9.42. The number of aromatic nitrogens is 1. The zero-order valence-corrected chi connectivity index (χ0v) is 7.16. The summed E-state index contributed by atoms with van der Waals surface area (Å²) in [5.41, 5.74) is 0.466. The summed E-state index contributed by atoms with van der Waals surface area (Å²) in [4.78, 5) is 13.8. The molecule has 0 aliphatic rings. The number of rotatable bonds is 1. The van der Waals surface area contributed by atoms with E-state index in [0.29, 0.717) is 11.1 Å². The minimum Gasteiger partial charge on any atom is -0.494 e. The van der Waals surface area contributed by atoms with E-state index in [1.807, 2.05) is 18.2 Å². The van der Waals surface area contributed by atoms with Crippen LogP contribution in [0.25, 0.3) is 10.8 Å². The lowest BCUT2D eigenvalue weighted by Gasteiger charge is -1.90. The van der Waals surface area contributed by atoms with Crippen LogP contribution in [0.1, 0.15) is 17.4 Å². The molecule has 13 heavy (non-hydrogen) atoms. The molecule has 2 aromatic rings. The Labute approximate surface area is 75.0 Å². The number of hydrogen-bond acceptors (Lipinski definition) is 2. The quantitative estimate of drug-likeness (QED) is 0.652. The van der Waals surface area contributed by atoms with Gasteiger partial charge in [0.1, 0.15) is 0 Å². The Morgan fingerprint density at radius 2 is 1.92 bits per heavy atom. The summed E-state index contributed by atoms with van der Waals surface area (Å²) in [5.74, 6) is -0.0164. The summed E-state index contributed by atoms with van der Waals surface area (Å²) in [6.07, 6.45) is 0. The minimum absolute atomic E-state index is 0.0563. The highest BCUT2D eigenvalue weighted by Gasteiger charge is 2.11. The van der Waals surface area contributed by atoms with Gasteiger partial charge >= 0.3 is 0 Å². The van der Waals surface area contributed by atoms with Crippen molar-refractivity contribution in [2.24, 2.45) is 0 Å². The number of nitrogens with one attached hydrogen (secondary N) is 1. The third-order valence-corrected chi connectivity index (χ3v) is 2.05. The van der Waals surface area contributed by atoms with Gasteiger partial charge in [0.15, 0.2) is 11.7 Å². The van der Waals surface area contributed by atoms with Gasteiger partial charge in [0, 0.05) is 17.7 Å². The van der Waals surface area contributed by atoms with Crippen molar-refractivity contribution in [3.05, 3.63) is 30.0 Å². The number of Topliss-reactive ketones (excluding diaryl/α,β-unsaturated/α-hetero) is 1. The van der Waals surface area contributed by atoms with Gasteiger partial charge in [-0.1, -0.05) is 18.2 Å². The molecule has 0 saturated heterocycles. The second-order valence-electron chi connectivity index (χ2n) is 2.95.